The zero-order chi connectivity index (χ0) is 20.8. The SMILES string of the molecule is Cc1ccccc1PC1=Cc2ccccc2[CH]1[Ti][CH]1c2ccccc2-c2ccccc21. The molecule has 2 atom stereocenters. The van der Waals surface area contributed by atoms with Crippen LogP contribution in [0.3, 0.4) is 0 Å². The van der Waals surface area contributed by atoms with Crippen LogP contribution in [0.25, 0.3) is 17.2 Å². The van der Waals surface area contributed by atoms with Crippen molar-refractivity contribution in [2.75, 3.05) is 0 Å². The van der Waals surface area contributed by atoms with E-state index >= 15 is 0 Å². The van der Waals surface area contributed by atoms with E-state index < -0.39 is 0 Å². The van der Waals surface area contributed by atoms with Crippen molar-refractivity contribution in [2.45, 2.75) is 15.4 Å². The molecule has 31 heavy (non-hydrogen) atoms. The van der Waals surface area contributed by atoms with Gasteiger partial charge in [-0.05, 0) is 0 Å². The summed E-state index contributed by atoms with van der Waals surface area (Å²) in [6.07, 6.45) is 2.50. The molecule has 0 bridgehead atoms. The van der Waals surface area contributed by atoms with Gasteiger partial charge in [-0.1, -0.05) is 0 Å². The van der Waals surface area contributed by atoms with Gasteiger partial charge in [-0.15, -0.1) is 0 Å². The van der Waals surface area contributed by atoms with E-state index in [0.29, 0.717) is 8.45 Å². The van der Waals surface area contributed by atoms with Crippen molar-refractivity contribution in [2.24, 2.45) is 0 Å². The molecule has 0 N–H and O–H groups in total. The number of allylic oxidation sites excluding steroid dienone is 1. The molecule has 0 saturated carbocycles. The van der Waals surface area contributed by atoms with Gasteiger partial charge in [-0.2, -0.15) is 0 Å². The second-order valence-electron chi connectivity index (χ2n) is 8.38. The molecule has 0 spiro atoms. The molecule has 0 fully saturated rings. The Kier molecular flexibility index (Phi) is 5.04. The van der Waals surface area contributed by atoms with Crippen molar-refractivity contribution >= 4 is 20.0 Å². The van der Waals surface area contributed by atoms with Crippen molar-refractivity contribution in [3.8, 4) is 11.1 Å². The molecular formula is C29H23PTi. The number of fused-ring (bicyclic) bond motifs is 4. The predicted octanol–water partition coefficient (Wildman–Crippen LogP) is 7.25. The molecule has 0 heterocycles. The monoisotopic (exact) mass is 450 g/mol. The Balaban J connectivity index is 1.41. The number of rotatable bonds is 4. The van der Waals surface area contributed by atoms with Crippen LogP contribution in [0.1, 0.15) is 36.3 Å². The van der Waals surface area contributed by atoms with Gasteiger partial charge in [0.2, 0.25) is 0 Å². The van der Waals surface area contributed by atoms with E-state index in [9.17, 15) is 0 Å². The Morgan fingerprint density at radius 2 is 1.19 bits per heavy atom. The summed E-state index contributed by atoms with van der Waals surface area (Å²) < 4.78 is 1.17. The van der Waals surface area contributed by atoms with E-state index in [1.807, 2.05) is 0 Å². The van der Waals surface area contributed by atoms with Gasteiger partial charge in [-0.3, -0.25) is 0 Å². The number of benzene rings is 4. The van der Waals surface area contributed by atoms with E-state index in [2.05, 4.69) is 110 Å². The van der Waals surface area contributed by atoms with Crippen molar-refractivity contribution in [3.05, 3.63) is 130 Å². The number of hydrogen-bond donors (Lipinski definition) is 0. The molecule has 2 aliphatic rings. The Bertz CT molecular complexity index is 1270. The number of aryl methyl sites for hydroxylation is 1. The van der Waals surface area contributed by atoms with E-state index in [1.54, 1.807) is 22.0 Å². The molecule has 148 valence electrons. The second-order valence-corrected chi connectivity index (χ2v) is 12.1. The summed E-state index contributed by atoms with van der Waals surface area (Å²) in [5.41, 5.74) is 10.4. The normalized spacial score (nSPS) is 16.8. The molecule has 4 aromatic rings. The van der Waals surface area contributed by atoms with Crippen LogP contribution < -0.4 is 5.30 Å². The number of hydrogen-bond acceptors (Lipinski definition) is 0. The van der Waals surface area contributed by atoms with Gasteiger partial charge in [0, 0.05) is 0 Å². The van der Waals surface area contributed by atoms with Crippen molar-refractivity contribution in [3.63, 3.8) is 0 Å². The minimum atomic E-state index is -0.335. The quantitative estimate of drug-likeness (QED) is 0.227. The molecule has 2 unspecified atom stereocenters. The first-order valence-corrected chi connectivity index (χ1v) is 13.7. The maximum atomic E-state index is 2.50. The Morgan fingerprint density at radius 1 is 0.613 bits per heavy atom. The molecule has 6 rings (SSSR count). The zero-order valence-electron chi connectivity index (χ0n) is 17.5. The fourth-order valence-electron chi connectivity index (χ4n) is 4.98. The molecule has 4 aromatic carbocycles. The second kappa shape index (κ2) is 8.03. The van der Waals surface area contributed by atoms with Crippen LogP contribution in [-0.4, -0.2) is 0 Å². The summed E-state index contributed by atoms with van der Waals surface area (Å²) in [4.78, 5) is 0. The summed E-state index contributed by atoms with van der Waals surface area (Å²) in [5.74, 6) is 0. The first-order chi connectivity index (χ1) is 15.3. The molecule has 2 aliphatic carbocycles. The van der Waals surface area contributed by atoms with Gasteiger partial charge in [0.15, 0.2) is 0 Å². The summed E-state index contributed by atoms with van der Waals surface area (Å²) in [6, 6.07) is 36.2. The van der Waals surface area contributed by atoms with Gasteiger partial charge < -0.3 is 0 Å². The topological polar surface area (TPSA) is 0 Å². The maximum absolute atomic E-state index is 2.50. The molecule has 0 nitrogen and oxygen atoms in total. The fourth-order valence-corrected chi connectivity index (χ4v) is 9.93. The molecule has 0 aliphatic heterocycles. The van der Waals surface area contributed by atoms with Gasteiger partial charge >= 0.3 is 196 Å². The van der Waals surface area contributed by atoms with Crippen LogP contribution >= 0.6 is 8.58 Å². The molecule has 0 radical (unpaired) electrons. The van der Waals surface area contributed by atoms with E-state index in [4.69, 9.17) is 0 Å². The predicted molar refractivity (Wildman–Crippen MR) is 130 cm³/mol. The van der Waals surface area contributed by atoms with Crippen molar-refractivity contribution in [1.29, 1.82) is 0 Å². The third-order valence-corrected chi connectivity index (χ3v) is 11.5. The summed E-state index contributed by atoms with van der Waals surface area (Å²) >= 11 is -0.335. The van der Waals surface area contributed by atoms with Crippen LogP contribution in [0.4, 0.5) is 0 Å². The third kappa shape index (κ3) is 3.39. The van der Waals surface area contributed by atoms with Crippen LogP contribution in [0, 0.1) is 6.92 Å². The van der Waals surface area contributed by atoms with Gasteiger partial charge in [0.1, 0.15) is 0 Å². The van der Waals surface area contributed by atoms with Gasteiger partial charge in [0.05, 0.1) is 0 Å². The van der Waals surface area contributed by atoms with E-state index in [1.165, 1.54) is 27.6 Å². The van der Waals surface area contributed by atoms with Crippen LogP contribution in [0.5, 0.6) is 0 Å². The van der Waals surface area contributed by atoms with Crippen molar-refractivity contribution < 1.29 is 19.2 Å². The first kappa shape index (κ1) is 19.4. The molecule has 2 heteroatoms. The molecule has 0 aromatic heterocycles. The van der Waals surface area contributed by atoms with Gasteiger partial charge in [0.25, 0.3) is 0 Å². The minimum absolute atomic E-state index is 0.335. The van der Waals surface area contributed by atoms with Crippen LogP contribution in [-0.2, 0) is 19.2 Å². The molecule has 0 saturated heterocycles. The third-order valence-electron chi connectivity index (χ3n) is 6.52. The Morgan fingerprint density at radius 3 is 1.90 bits per heavy atom. The summed E-state index contributed by atoms with van der Waals surface area (Å²) in [7, 11) is 0.754. The Labute approximate surface area is 195 Å². The van der Waals surface area contributed by atoms with E-state index in [0.717, 1.165) is 8.58 Å². The van der Waals surface area contributed by atoms with Crippen molar-refractivity contribution in [1.82, 2.24) is 0 Å². The first-order valence-electron chi connectivity index (χ1n) is 10.9. The standard InChI is InChI=1S/C16H14P.C13H9.Ti/c1-12-6-2-5-9-16(12)17-15-10-13-7-3-4-8-14(13)11-15;1-3-7-12-10(5-1)9-11-6-2-4-8-13(11)12;/h2-11,17H,1H3;1-9H;. The summed E-state index contributed by atoms with van der Waals surface area (Å²) in [6.45, 7) is 2.25. The molecular weight excluding hydrogens is 427 g/mol. The van der Waals surface area contributed by atoms with Crippen LogP contribution in [0.2, 0.25) is 0 Å². The average molecular weight is 450 g/mol. The fraction of sp³-hybridized carbons (Fsp3) is 0.103. The Hall–Kier alpha value is -2.24. The zero-order valence-corrected chi connectivity index (χ0v) is 20.0. The average Bonchev–Trinajstić information content (AvgIpc) is 3.32. The van der Waals surface area contributed by atoms with Crippen LogP contribution in [0.15, 0.2) is 102 Å². The van der Waals surface area contributed by atoms with E-state index in [-0.39, 0.29) is 19.2 Å². The van der Waals surface area contributed by atoms with Gasteiger partial charge in [-0.25, -0.2) is 0 Å². The summed E-state index contributed by atoms with van der Waals surface area (Å²) in [5, 5.41) is 3.13. The molecule has 0 amide bonds.